The van der Waals surface area contributed by atoms with Crippen molar-refractivity contribution in [2.75, 3.05) is 26.3 Å². The largest absolute Gasteiger partial charge is 0.379 e. The molecular weight excluding hydrogens is 214 g/mol. The zero-order chi connectivity index (χ0) is 12.1. The Bertz CT molecular complexity index is 299. The molecule has 0 amide bonds. The van der Waals surface area contributed by atoms with Gasteiger partial charge in [0.2, 0.25) is 0 Å². The van der Waals surface area contributed by atoms with Crippen LogP contribution in [-0.4, -0.2) is 37.5 Å². The summed E-state index contributed by atoms with van der Waals surface area (Å²) in [6.45, 7) is 10.8. The van der Waals surface area contributed by atoms with E-state index in [0.29, 0.717) is 16.9 Å². The number of fused-ring (bicyclic) bond motifs is 2. The fourth-order valence-electron chi connectivity index (χ4n) is 4.12. The van der Waals surface area contributed by atoms with Crippen LogP contribution in [0.3, 0.4) is 0 Å². The lowest BCUT2D eigenvalue weighted by Gasteiger charge is -2.41. The van der Waals surface area contributed by atoms with E-state index in [1.165, 1.54) is 19.3 Å². The minimum absolute atomic E-state index is 0.371. The number of morpholine rings is 1. The van der Waals surface area contributed by atoms with Gasteiger partial charge >= 0.3 is 0 Å². The molecule has 1 saturated heterocycles. The second-order valence-corrected chi connectivity index (χ2v) is 6.75. The van der Waals surface area contributed by atoms with Crippen molar-refractivity contribution in [3.8, 4) is 0 Å². The van der Waals surface area contributed by atoms with Crippen LogP contribution in [0.2, 0.25) is 0 Å². The lowest BCUT2D eigenvalue weighted by Crippen LogP contribution is -2.45. The Morgan fingerprint density at radius 1 is 1.18 bits per heavy atom. The smallest absolute Gasteiger partial charge is 0.0854 e. The molecule has 0 spiro atoms. The second kappa shape index (κ2) is 3.94. The van der Waals surface area contributed by atoms with Gasteiger partial charge in [-0.15, -0.1) is 0 Å². The van der Waals surface area contributed by atoms with Gasteiger partial charge < -0.3 is 4.74 Å². The van der Waals surface area contributed by atoms with E-state index in [9.17, 15) is 0 Å². The van der Waals surface area contributed by atoms with Crippen molar-refractivity contribution in [3.05, 3.63) is 0 Å². The third kappa shape index (κ3) is 1.66. The maximum atomic E-state index is 6.28. The normalized spacial score (nSPS) is 45.4. The molecule has 3 aliphatic rings. The lowest BCUT2D eigenvalue weighted by molar-refractivity contribution is -0.251. The van der Waals surface area contributed by atoms with Gasteiger partial charge in [-0.25, -0.2) is 0 Å². The summed E-state index contributed by atoms with van der Waals surface area (Å²) in [5.74, 6) is 0.860. The average Bonchev–Trinajstić information content (AvgIpc) is 2.63. The Balaban J connectivity index is 1.69. The molecule has 17 heavy (non-hydrogen) atoms. The fraction of sp³-hybridized carbons (Fsp3) is 1.00. The highest BCUT2D eigenvalue weighted by Gasteiger charge is 2.62. The van der Waals surface area contributed by atoms with Crippen molar-refractivity contribution >= 4 is 0 Å². The summed E-state index contributed by atoms with van der Waals surface area (Å²) >= 11 is 0. The van der Waals surface area contributed by atoms with Crippen molar-refractivity contribution in [1.29, 1.82) is 0 Å². The van der Waals surface area contributed by atoms with Crippen LogP contribution < -0.4 is 0 Å². The molecule has 3 heteroatoms. The summed E-state index contributed by atoms with van der Waals surface area (Å²) < 4.78 is 5.37. The third-order valence-corrected chi connectivity index (χ3v) is 5.96. The molecule has 2 saturated carbocycles. The lowest BCUT2D eigenvalue weighted by atomic mass is 9.70. The Labute approximate surface area is 104 Å². The van der Waals surface area contributed by atoms with Gasteiger partial charge in [0.25, 0.3) is 0 Å². The summed E-state index contributed by atoms with van der Waals surface area (Å²) in [6.07, 6.45) is 4.40. The number of hydroxylamine groups is 2. The van der Waals surface area contributed by atoms with Gasteiger partial charge in [0.15, 0.2) is 0 Å². The van der Waals surface area contributed by atoms with Gasteiger partial charge in [-0.05, 0) is 30.6 Å². The molecule has 2 bridgehead atoms. The van der Waals surface area contributed by atoms with E-state index in [4.69, 9.17) is 9.57 Å². The van der Waals surface area contributed by atoms with Gasteiger partial charge in [-0.3, -0.25) is 4.84 Å². The Kier molecular flexibility index (Phi) is 2.77. The molecule has 0 unspecified atom stereocenters. The van der Waals surface area contributed by atoms with Crippen molar-refractivity contribution < 1.29 is 9.57 Å². The van der Waals surface area contributed by atoms with Crippen LogP contribution in [-0.2, 0) is 9.57 Å². The average molecular weight is 239 g/mol. The third-order valence-electron chi connectivity index (χ3n) is 5.96. The monoisotopic (exact) mass is 239 g/mol. The zero-order valence-corrected chi connectivity index (χ0v) is 11.4. The number of hydrogen-bond acceptors (Lipinski definition) is 3. The topological polar surface area (TPSA) is 21.7 Å². The highest BCUT2D eigenvalue weighted by molar-refractivity contribution is 5.10. The minimum Gasteiger partial charge on any atom is -0.379 e. The molecule has 3 nitrogen and oxygen atoms in total. The first-order valence-corrected chi connectivity index (χ1v) is 7.03. The maximum absolute atomic E-state index is 6.28. The van der Waals surface area contributed by atoms with Crippen LogP contribution in [0.25, 0.3) is 0 Å². The van der Waals surface area contributed by atoms with Gasteiger partial charge in [0.1, 0.15) is 0 Å². The predicted octanol–water partition coefficient (Wildman–Crippen LogP) is 2.47. The van der Waals surface area contributed by atoms with Crippen LogP contribution in [0.1, 0.15) is 40.0 Å². The number of rotatable bonds is 2. The molecule has 1 aliphatic heterocycles. The summed E-state index contributed by atoms with van der Waals surface area (Å²) in [5.41, 5.74) is 0.819. The van der Waals surface area contributed by atoms with E-state index < -0.39 is 0 Å². The first-order chi connectivity index (χ1) is 8.04. The van der Waals surface area contributed by atoms with Crippen LogP contribution in [0.4, 0.5) is 0 Å². The fourth-order valence-corrected chi connectivity index (χ4v) is 4.12. The molecule has 0 aromatic rings. The van der Waals surface area contributed by atoms with Crippen molar-refractivity contribution in [2.45, 2.75) is 46.1 Å². The van der Waals surface area contributed by atoms with E-state index in [2.05, 4.69) is 25.8 Å². The molecule has 3 fully saturated rings. The molecule has 1 heterocycles. The highest BCUT2D eigenvalue weighted by atomic mass is 16.7. The Hall–Kier alpha value is -0.120. The van der Waals surface area contributed by atoms with Gasteiger partial charge in [-0.1, -0.05) is 20.8 Å². The van der Waals surface area contributed by atoms with Gasteiger partial charge in [0, 0.05) is 18.5 Å². The van der Waals surface area contributed by atoms with Crippen LogP contribution >= 0.6 is 0 Å². The molecule has 98 valence electrons. The molecule has 0 aromatic heterocycles. The molecule has 0 N–H and O–H groups in total. The maximum Gasteiger partial charge on any atom is 0.0854 e. The molecule has 0 radical (unpaired) electrons. The quantitative estimate of drug-likeness (QED) is 0.739. The van der Waals surface area contributed by atoms with Crippen molar-refractivity contribution in [1.82, 2.24) is 5.06 Å². The standard InChI is InChI=1S/C14H25NO2/c1-13(2)11-4-5-14(13,3)12(10-11)17-15-6-8-16-9-7-15/h11-12H,4-10H2,1-3H3/t11-,12+,14-/m1/s1. The van der Waals surface area contributed by atoms with Gasteiger partial charge in [-0.2, -0.15) is 5.06 Å². The summed E-state index contributed by atoms with van der Waals surface area (Å²) in [5, 5.41) is 2.14. The number of ether oxygens (including phenoxy) is 1. The summed E-state index contributed by atoms with van der Waals surface area (Å²) in [6, 6.07) is 0. The van der Waals surface area contributed by atoms with E-state index in [1.807, 2.05) is 0 Å². The van der Waals surface area contributed by atoms with E-state index in [1.54, 1.807) is 0 Å². The SMILES string of the molecule is CC1(C)[C@@H]2CC[C@]1(C)[C@@H](ON1CCOCC1)C2. The Morgan fingerprint density at radius 3 is 2.41 bits per heavy atom. The molecule has 2 aliphatic carbocycles. The minimum atomic E-state index is 0.371. The highest BCUT2D eigenvalue weighted by Crippen LogP contribution is 2.66. The van der Waals surface area contributed by atoms with Crippen LogP contribution in [0, 0.1) is 16.7 Å². The van der Waals surface area contributed by atoms with Crippen LogP contribution in [0.15, 0.2) is 0 Å². The summed E-state index contributed by atoms with van der Waals surface area (Å²) in [7, 11) is 0. The molecule has 0 aromatic carbocycles. The first kappa shape index (κ1) is 11.9. The van der Waals surface area contributed by atoms with Gasteiger partial charge in [0.05, 0.1) is 19.3 Å². The van der Waals surface area contributed by atoms with Crippen LogP contribution in [0.5, 0.6) is 0 Å². The van der Waals surface area contributed by atoms with E-state index in [-0.39, 0.29) is 0 Å². The zero-order valence-electron chi connectivity index (χ0n) is 11.4. The van der Waals surface area contributed by atoms with E-state index >= 15 is 0 Å². The predicted molar refractivity (Wildman–Crippen MR) is 66.5 cm³/mol. The Morgan fingerprint density at radius 2 is 1.88 bits per heavy atom. The van der Waals surface area contributed by atoms with E-state index in [0.717, 1.165) is 32.2 Å². The van der Waals surface area contributed by atoms with Crippen molar-refractivity contribution in [2.24, 2.45) is 16.7 Å². The number of hydrogen-bond donors (Lipinski definition) is 0. The number of nitrogens with zero attached hydrogens (tertiary/aromatic N) is 1. The first-order valence-electron chi connectivity index (χ1n) is 7.03. The molecular formula is C14H25NO2. The summed E-state index contributed by atoms with van der Waals surface area (Å²) in [4.78, 5) is 6.28. The molecule has 3 rings (SSSR count). The second-order valence-electron chi connectivity index (χ2n) is 6.75. The molecule has 3 atom stereocenters. The van der Waals surface area contributed by atoms with Crippen molar-refractivity contribution in [3.63, 3.8) is 0 Å².